The van der Waals surface area contributed by atoms with E-state index < -0.39 is 17.9 Å². The highest BCUT2D eigenvalue weighted by Crippen LogP contribution is 2.48. The topological polar surface area (TPSA) is 66.8 Å². The lowest BCUT2D eigenvalue weighted by Crippen LogP contribution is -2.45. The number of rotatable bonds is 4. The van der Waals surface area contributed by atoms with E-state index in [1.54, 1.807) is 66.7 Å². The Morgan fingerprint density at radius 3 is 2.40 bits per heavy atom. The van der Waals surface area contributed by atoms with Crippen molar-refractivity contribution >= 4 is 40.8 Å². The van der Waals surface area contributed by atoms with Gasteiger partial charge in [0.25, 0.3) is 5.91 Å². The number of hydrogen-bond donors (Lipinski definition) is 1. The van der Waals surface area contributed by atoms with Gasteiger partial charge in [-0.15, -0.1) is 0 Å². The molecule has 1 heterocycles. The lowest BCUT2D eigenvalue weighted by Gasteiger charge is -2.41. The minimum atomic E-state index is -1.06. The lowest BCUT2D eigenvalue weighted by molar-refractivity contribution is -0.139. The maximum absolute atomic E-state index is 13.6. The van der Waals surface area contributed by atoms with Crippen LogP contribution in [0, 0.1) is 0 Å². The number of benzene rings is 3. The van der Waals surface area contributed by atoms with Crippen molar-refractivity contribution in [1.82, 2.24) is 0 Å². The molecular weight excluding hydrogens is 425 g/mol. The normalized spacial score (nSPS) is 18.1. The summed E-state index contributed by atoms with van der Waals surface area (Å²) in [7, 11) is 1.50. The fourth-order valence-corrected chi connectivity index (χ4v) is 4.47. The largest absolute Gasteiger partial charge is 0.495 e. The summed E-state index contributed by atoms with van der Waals surface area (Å²) in [5.41, 5.74) is 1.72. The van der Waals surface area contributed by atoms with Crippen molar-refractivity contribution < 1.29 is 19.4 Å². The van der Waals surface area contributed by atoms with Crippen molar-refractivity contribution in [2.45, 2.75) is 12.0 Å². The van der Waals surface area contributed by atoms with E-state index >= 15 is 0 Å². The molecule has 1 aliphatic heterocycles. The van der Waals surface area contributed by atoms with Crippen molar-refractivity contribution in [1.29, 1.82) is 0 Å². The van der Waals surface area contributed by atoms with Gasteiger partial charge in [0.2, 0.25) is 0 Å². The van der Waals surface area contributed by atoms with Gasteiger partial charge in [-0.25, -0.2) is 0 Å². The van der Waals surface area contributed by atoms with Gasteiger partial charge in [-0.2, -0.15) is 0 Å². The fourth-order valence-electron chi connectivity index (χ4n) is 3.95. The predicted molar refractivity (Wildman–Crippen MR) is 116 cm³/mol. The number of carboxylic acids is 1. The summed E-state index contributed by atoms with van der Waals surface area (Å²) < 4.78 is 5.47. The second-order valence-corrected chi connectivity index (χ2v) is 7.70. The molecule has 0 aromatic heterocycles. The number of hydrogen-bond acceptors (Lipinski definition) is 3. The van der Waals surface area contributed by atoms with Crippen LogP contribution in [0.5, 0.6) is 5.75 Å². The molecule has 3 aromatic rings. The lowest BCUT2D eigenvalue weighted by atomic mass is 9.79. The molecule has 0 saturated heterocycles. The third-order valence-corrected chi connectivity index (χ3v) is 5.79. The van der Waals surface area contributed by atoms with E-state index in [4.69, 9.17) is 27.9 Å². The van der Waals surface area contributed by atoms with Crippen LogP contribution >= 0.6 is 23.2 Å². The molecule has 0 spiro atoms. The number of anilines is 1. The van der Waals surface area contributed by atoms with Gasteiger partial charge in [0.15, 0.2) is 0 Å². The first-order valence-corrected chi connectivity index (χ1v) is 9.93. The minimum Gasteiger partial charge on any atom is -0.495 e. The summed E-state index contributed by atoms with van der Waals surface area (Å²) in [4.78, 5) is 27.6. The summed E-state index contributed by atoms with van der Waals surface area (Å²) >= 11 is 12.6. The number of amides is 1. The monoisotopic (exact) mass is 441 g/mol. The van der Waals surface area contributed by atoms with Gasteiger partial charge in [0, 0.05) is 15.6 Å². The standard InChI is InChI=1S/C23H17Cl2NO4/c1-30-19-9-5-4-8-18(19)26-21(16-11-10-13(24)12-17(16)25)20(23(28)29)14-6-2-3-7-15(14)22(26)27/h2-12,20-21H,1H3,(H,28,29)/t20-,21+/m1/s1. The molecule has 30 heavy (non-hydrogen) atoms. The van der Waals surface area contributed by atoms with Crippen LogP contribution in [-0.2, 0) is 4.79 Å². The van der Waals surface area contributed by atoms with Gasteiger partial charge < -0.3 is 9.84 Å². The molecule has 3 aromatic carbocycles. The highest BCUT2D eigenvalue weighted by molar-refractivity contribution is 6.35. The number of carbonyl (C=O) groups is 2. The Morgan fingerprint density at radius 2 is 1.70 bits per heavy atom. The number of fused-ring (bicyclic) bond motifs is 1. The number of halogens is 2. The molecule has 0 unspecified atom stereocenters. The molecule has 0 saturated carbocycles. The zero-order valence-electron chi connectivity index (χ0n) is 15.9. The van der Waals surface area contributed by atoms with Gasteiger partial charge >= 0.3 is 5.97 Å². The van der Waals surface area contributed by atoms with E-state index in [9.17, 15) is 14.7 Å². The Balaban J connectivity index is 2.04. The molecule has 7 heteroatoms. The summed E-state index contributed by atoms with van der Waals surface area (Å²) in [6, 6.07) is 17.7. The molecule has 2 atom stereocenters. The van der Waals surface area contributed by atoms with Gasteiger partial charge in [-0.05, 0) is 41.5 Å². The van der Waals surface area contributed by atoms with Crippen molar-refractivity contribution in [3.63, 3.8) is 0 Å². The van der Waals surface area contributed by atoms with Crippen LogP contribution < -0.4 is 9.64 Å². The molecule has 0 radical (unpaired) electrons. The Labute approximate surface area is 183 Å². The van der Waals surface area contributed by atoms with Crippen LogP contribution in [-0.4, -0.2) is 24.1 Å². The zero-order chi connectivity index (χ0) is 21.4. The predicted octanol–water partition coefficient (Wildman–Crippen LogP) is 5.57. The first-order chi connectivity index (χ1) is 14.4. The molecule has 5 nitrogen and oxygen atoms in total. The van der Waals surface area contributed by atoms with Crippen LogP contribution in [0.1, 0.15) is 33.4 Å². The first-order valence-electron chi connectivity index (χ1n) is 9.17. The van der Waals surface area contributed by atoms with E-state index in [2.05, 4.69) is 0 Å². The van der Waals surface area contributed by atoms with E-state index in [0.717, 1.165) is 0 Å². The maximum atomic E-state index is 13.6. The average Bonchev–Trinajstić information content (AvgIpc) is 2.73. The SMILES string of the molecule is COc1ccccc1N1C(=O)c2ccccc2[C@@H](C(=O)O)[C@@H]1c1ccc(Cl)cc1Cl. The maximum Gasteiger partial charge on any atom is 0.313 e. The Hall–Kier alpha value is -3.02. The highest BCUT2D eigenvalue weighted by Gasteiger charge is 2.46. The third kappa shape index (κ3) is 3.30. The summed E-state index contributed by atoms with van der Waals surface area (Å²) in [5.74, 6) is -1.98. The molecule has 1 aliphatic rings. The van der Waals surface area contributed by atoms with Crippen LogP contribution in [0.2, 0.25) is 10.0 Å². The van der Waals surface area contributed by atoms with E-state index in [1.165, 1.54) is 12.0 Å². The van der Waals surface area contributed by atoms with E-state index in [-0.39, 0.29) is 10.9 Å². The van der Waals surface area contributed by atoms with Gasteiger partial charge in [-0.3, -0.25) is 14.5 Å². The minimum absolute atomic E-state index is 0.283. The average molecular weight is 442 g/mol. The van der Waals surface area contributed by atoms with Crippen LogP contribution in [0.4, 0.5) is 5.69 Å². The Bertz CT molecular complexity index is 1150. The molecule has 0 aliphatic carbocycles. The molecule has 0 bridgehead atoms. The van der Waals surface area contributed by atoms with Crippen molar-refractivity contribution in [3.8, 4) is 5.75 Å². The third-order valence-electron chi connectivity index (χ3n) is 5.23. The first kappa shape index (κ1) is 20.3. The number of aliphatic carboxylic acids is 1. The second-order valence-electron chi connectivity index (χ2n) is 6.86. The number of carboxylic acid groups (broad SMARTS) is 1. The van der Waals surface area contributed by atoms with Crippen molar-refractivity contribution in [3.05, 3.63) is 93.5 Å². The molecule has 0 fully saturated rings. The molecule has 1 N–H and O–H groups in total. The second kappa shape index (κ2) is 8.01. The number of nitrogens with zero attached hydrogens (tertiary/aromatic N) is 1. The van der Waals surface area contributed by atoms with Crippen molar-refractivity contribution in [2.75, 3.05) is 12.0 Å². The zero-order valence-corrected chi connectivity index (χ0v) is 17.4. The quantitative estimate of drug-likeness (QED) is 0.574. The summed E-state index contributed by atoms with van der Waals surface area (Å²) in [6.45, 7) is 0. The van der Waals surface area contributed by atoms with Crippen LogP contribution in [0.15, 0.2) is 66.7 Å². The smallest absolute Gasteiger partial charge is 0.313 e. The van der Waals surface area contributed by atoms with Gasteiger partial charge in [-0.1, -0.05) is 59.6 Å². The number of ether oxygens (including phenoxy) is 1. The van der Waals surface area contributed by atoms with Crippen LogP contribution in [0.3, 0.4) is 0 Å². The van der Waals surface area contributed by atoms with Crippen molar-refractivity contribution in [2.24, 2.45) is 0 Å². The molecule has 4 rings (SSSR count). The fraction of sp³-hybridized carbons (Fsp3) is 0.130. The molecule has 152 valence electrons. The molecule has 1 amide bonds. The van der Waals surface area contributed by atoms with E-state index in [1.807, 2.05) is 0 Å². The van der Waals surface area contributed by atoms with E-state index in [0.29, 0.717) is 33.1 Å². The number of para-hydroxylation sites is 2. The van der Waals surface area contributed by atoms with Gasteiger partial charge in [0.05, 0.1) is 18.8 Å². The Morgan fingerprint density at radius 1 is 1.00 bits per heavy atom. The van der Waals surface area contributed by atoms with Gasteiger partial charge in [0.1, 0.15) is 11.7 Å². The molecular formula is C23H17Cl2NO4. The van der Waals surface area contributed by atoms with Crippen LogP contribution in [0.25, 0.3) is 0 Å². The highest BCUT2D eigenvalue weighted by atomic mass is 35.5. The summed E-state index contributed by atoms with van der Waals surface area (Å²) in [5, 5.41) is 10.9. The Kier molecular flexibility index (Phi) is 5.41. The summed E-state index contributed by atoms with van der Waals surface area (Å²) in [6.07, 6.45) is 0. The number of methoxy groups -OCH3 is 1. The number of carbonyl (C=O) groups excluding carboxylic acids is 1.